The topological polar surface area (TPSA) is 73.7 Å². The van der Waals surface area contributed by atoms with Crippen molar-refractivity contribution in [3.8, 4) is 11.5 Å². The number of hydrogen-bond donors (Lipinski definition) is 0. The third kappa shape index (κ3) is 3.35. The number of hydrogen-bond acceptors (Lipinski definition) is 5. The van der Waals surface area contributed by atoms with Gasteiger partial charge in [0.2, 0.25) is 0 Å². The molecule has 2 heterocycles. The van der Waals surface area contributed by atoms with Crippen molar-refractivity contribution in [2.75, 3.05) is 27.3 Å². The van der Waals surface area contributed by atoms with Crippen LogP contribution in [0, 0.1) is 12.8 Å². The second kappa shape index (κ2) is 6.96. The molecule has 132 valence electrons. The van der Waals surface area contributed by atoms with Crippen LogP contribution in [0.4, 0.5) is 0 Å². The van der Waals surface area contributed by atoms with Gasteiger partial charge in [-0.1, -0.05) is 6.07 Å². The molecule has 0 atom stereocenters. The van der Waals surface area contributed by atoms with E-state index >= 15 is 0 Å². The maximum Gasteiger partial charge on any atom is 0.266 e. The molecule has 0 saturated carbocycles. The van der Waals surface area contributed by atoms with Crippen LogP contribution in [-0.2, 0) is 6.54 Å². The average molecular weight is 343 g/mol. The van der Waals surface area contributed by atoms with Gasteiger partial charge < -0.3 is 14.4 Å². The number of likely N-dealkylation sites (tertiary alicyclic amines) is 1. The van der Waals surface area contributed by atoms with Crippen molar-refractivity contribution in [3.63, 3.8) is 0 Å². The van der Waals surface area contributed by atoms with Crippen LogP contribution < -0.4 is 15.0 Å². The zero-order chi connectivity index (χ0) is 18.0. The molecule has 0 radical (unpaired) electrons. The maximum atomic E-state index is 12.7. The fourth-order valence-corrected chi connectivity index (χ4v) is 3.00. The zero-order valence-corrected chi connectivity index (χ0v) is 14.6. The number of methoxy groups -OCH3 is 2. The van der Waals surface area contributed by atoms with E-state index in [4.69, 9.17) is 9.47 Å². The van der Waals surface area contributed by atoms with E-state index in [1.807, 2.05) is 6.92 Å². The highest BCUT2D eigenvalue weighted by Crippen LogP contribution is 2.32. The molecule has 2 aromatic rings. The Balaban J connectivity index is 1.68. The van der Waals surface area contributed by atoms with Gasteiger partial charge in [0.05, 0.1) is 32.0 Å². The summed E-state index contributed by atoms with van der Waals surface area (Å²) in [5.74, 6) is 1.08. The van der Waals surface area contributed by atoms with Gasteiger partial charge in [0.25, 0.3) is 11.5 Å². The number of benzene rings is 1. The number of aryl methyl sites for hydroxylation is 1. The molecule has 1 fully saturated rings. The SMILES string of the molecule is COc1cccc(C(=O)N2CC(Cn3nc(C)ccc3=O)C2)c1OC. The molecule has 0 unspecified atom stereocenters. The van der Waals surface area contributed by atoms with E-state index in [9.17, 15) is 9.59 Å². The minimum absolute atomic E-state index is 0.100. The van der Waals surface area contributed by atoms with Crippen LogP contribution in [0.5, 0.6) is 11.5 Å². The Morgan fingerprint density at radius 1 is 1.20 bits per heavy atom. The Labute approximate surface area is 145 Å². The molecule has 0 spiro atoms. The van der Waals surface area contributed by atoms with Gasteiger partial charge in [-0.25, -0.2) is 4.68 Å². The predicted molar refractivity (Wildman–Crippen MR) is 92.2 cm³/mol. The van der Waals surface area contributed by atoms with Gasteiger partial charge in [-0.3, -0.25) is 9.59 Å². The molecule has 1 aliphatic heterocycles. The first-order chi connectivity index (χ1) is 12.0. The monoisotopic (exact) mass is 343 g/mol. The summed E-state index contributed by atoms with van der Waals surface area (Å²) in [5.41, 5.74) is 1.16. The lowest BCUT2D eigenvalue weighted by molar-refractivity contribution is 0.0454. The molecule has 1 aliphatic rings. The molecule has 1 aromatic carbocycles. The standard InChI is InChI=1S/C18H21N3O4/c1-12-7-8-16(22)21(19-12)11-13-9-20(10-13)18(23)14-5-4-6-15(24-2)17(14)25-3/h4-8,13H,9-11H2,1-3H3. The summed E-state index contributed by atoms with van der Waals surface area (Å²) in [4.78, 5) is 26.3. The van der Waals surface area contributed by atoms with Crippen molar-refractivity contribution in [1.29, 1.82) is 0 Å². The van der Waals surface area contributed by atoms with E-state index in [1.165, 1.54) is 17.9 Å². The minimum Gasteiger partial charge on any atom is -0.493 e. The molecule has 1 aromatic heterocycles. The molecule has 7 nitrogen and oxygen atoms in total. The van der Waals surface area contributed by atoms with Crippen molar-refractivity contribution in [2.24, 2.45) is 5.92 Å². The number of carbonyl (C=O) groups excluding carboxylic acids is 1. The summed E-state index contributed by atoms with van der Waals surface area (Å²) in [6.07, 6.45) is 0. The van der Waals surface area contributed by atoms with Crippen LogP contribution in [0.3, 0.4) is 0 Å². The summed E-state index contributed by atoms with van der Waals surface area (Å²) in [5, 5.41) is 4.24. The molecule has 1 amide bonds. The quantitative estimate of drug-likeness (QED) is 0.819. The van der Waals surface area contributed by atoms with Crippen molar-refractivity contribution in [1.82, 2.24) is 14.7 Å². The van der Waals surface area contributed by atoms with Crippen molar-refractivity contribution < 1.29 is 14.3 Å². The van der Waals surface area contributed by atoms with E-state index in [-0.39, 0.29) is 17.4 Å². The highest BCUT2D eigenvalue weighted by atomic mass is 16.5. The Morgan fingerprint density at radius 3 is 2.64 bits per heavy atom. The predicted octanol–water partition coefficient (Wildman–Crippen LogP) is 1.34. The molecule has 25 heavy (non-hydrogen) atoms. The number of rotatable bonds is 5. The number of nitrogens with zero attached hydrogens (tertiary/aromatic N) is 3. The lowest BCUT2D eigenvalue weighted by Crippen LogP contribution is -2.52. The molecule has 0 N–H and O–H groups in total. The third-order valence-corrected chi connectivity index (χ3v) is 4.31. The Bertz CT molecular complexity index is 840. The van der Waals surface area contributed by atoms with Crippen LogP contribution in [0.15, 0.2) is 35.1 Å². The second-order valence-electron chi connectivity index (χ2n) is 6.11. The summed E-state index contributed by atoms with van der Waals surface area (Å²) in [7, 11) is 3.06. The zero-order valence-electron chi connectivity index (χ0n) is 14.6. The normalized spacial score (nSPS) is 14.1. The Kier molecular flexibility index (Phi) is 4.74. The highest BCUT2D eigenvalue weighted by Gasteiger charge is 2.33. The first-order valence-electron chi connectivity index (χ1n) is 8.08. The molecule has 0 aliphatic carbocycles. The first-order valence-corrected chi connectivity index (χ1v) is 8.08. The highest BCUT2D eigenvalue weighted by molar-refractivity contribution is 5.98. The molecular weight excluding hydrogens is 322 g/mol. The van der Waals surface area contributed by atoms with E-state index < -0.39 is 0 Å². The van der Waals surface area contributed by atoms with Gasteiger partial charge in [0.1, 0.15) is 0 Å². The number of amides is 1. The molecule has 0 bridgehead atoms. The molecule has 7 heteroatoms. The van der Waals surface area contributed by atoms with Gasteiger partial charge in [-0.05, 0) is 25.1 Å². The van der Waals surface area contributed by atoms with Gasteiger partial charge >= 0.3 is 0 Å². The van der Waals surface area contributed by atoms with Crippen LogP contribution >= 0.6 is 0 Å². The van der Waals surface area contributed by atoms with Gasteiger partial charge in [0, 0.05) is 25.1 Å². The number of para-hydroxylation sites is 1. The number of ether oxygens (including phenoxy) is 2. The molecule has 3 rings (SSSR count). The Hall–Kier alpha value is -2.83. The van der Waals surface area contributed by atoms with Gasteiger partial charge in [-0.15, -0.1) is 0 Å². The minimum atomic E-state index is -0.121. The van der Waals surface area contributed by atoms with Crippen molar-refractivity contribution in [2.45, 2.75) is 13.5 Å². The second-order valence-corrected chi connectivity index (χ2v) is 6.11. The van der Waals surface area contributed by atoms with Crippen LogP contribution in [-0.4, -0.2) is 47.9 Å². The third-order valence-electron chi connectivity index (χ3n) is 4.31. The number of aromatic nitrogens is 2. The first kappa shape index (κ1) is 17.0. The van der Waals surface area contributed by atoms with E-state index in [0.29, 0.717) is 36.7 Å². The number of carbonyl (C=O) groups is 1. The van der Waals surface area contributed by atoms with Crippen LogP contribution in [0.1, 0.15) is 16.1 Å². The van der Waals surface area contributed by atoms with Gasteiger partial charge in [-0.2, -0.15) is 5.10 Å². The van der Waals surface area contributed by atoms with Crippen molar-refractivity contribution in [3.05, 3.63) is 51.9 Å². The average Bonchev–Trinajstić information content (AvgIpc) is 2.59. The van der Waals surface area contributed by atoms with Crippen molar-refractivity contribution >= 4 is 5.91 Å². The fraction of sp³-hybridized carbons (Fsp3) is 0.389. The fourth-order valence-electron chi connectivity index (χ4n) is 3.00. The lowest BCUT2D eigenvalue weighted by atomic mass is 9.98. The molecule has 1 saturated heterocycles. The van der Waals surface area contributed by atoms with Crippen LogP contribution in [0.25, 0.3) is 0 Å². The van der Waals surface area contributed by atoms with E-state index in [1.54, 1.807) is 36.3 Å². The summed E-state index contributed by atoms with van der Waals surface area (Å²) >= 11 is 0. The smallest absolute Gasteiger partial charge is 0.266 e. The Morgan fingerprint density at radius 2 is 1.96 bits per heavy atom. The van der Waals surface area contributed by atoms with Crippen LogP contribution in [0.2, 0.25) is 0 Å². The van der Waals surface area contributed by atoms with E-state index in [0.717, 1.165) is 5.69 Å². The van der Waals surface area contributed by atoms with Gasteiger partial charge in [0.15, 0.2) is 11.5 Å². The maximum absolute atomic E-state index is 12.7. The summed E-state index contributed by atoms with van der Waals surface area (Å²) in [6.45, 7) is 3.53. The summed E-state index contributed by atoms with van der Waals surface area (Å²) in [6, 6.07) is 8.46. The largest absolute Gasteiger partial charge is 0.493 e. The molecular formula is C18H21N3O4. The van der Waals surface area contributed by atoms with E-state index in [2.05, 4.69) is 5.10 Å². The lowest BCUT2D eigenvalue weighted by Gasteiger charge is -2.39. The summed E-state index contributed by atoms with van der Waals surface area (Å²) < 4.78 is 12.0.